The first-order valence-corrected chi connectivity index (χ1v) is 6.19. The number of pyridine rings is 1. The van der Waals surface area contributed by atoms with Crippen molar-refractivity contribution >= 4 is 16.8 Å². The minimum absolute atomic E-state index is 0.525. The highest BCUT2D eigenvalue weighted by Gasteiger charge is 2.23. The van der Waals surface area contributed by atoms with Crippen molar-refractivity contribution in [1.82, 2.24) is 10.3 Å². The van der Waals surface area contributed by atoms with Gasteiger partial charge in [-0.1, -0.05) is 6.92 Å². The van der Waals surface area contributed by atoms with Gasteiger partial charge >= 0.3 is 0 Å². The zero-order chi connectivity index (χ0) is 11.7. The predicted octanol–water partition coefficient (Wildman–Crippen LogP) is 2.02. The molecule has 2 aromatic rings. The van der Waals surface area contributed by atoms with Crippen LogP contribution in [0.15, 0.2) is 29.0 Å². The molecule has 2 aromatic heterocycles. The second kappa shape index (κ2) is 4.37. The summed E-state index contributed by atoms with van der Waals surface area (Å²) >= 11 is 0. The molecular formula is C13H17N3O. The second-order valence-electron chi connectivity index (χ2n) is 4.43. The van der Waals surface area contributed by atoms with Gasteiger partial charge in [0.25, 0.3) is 0 Å². The third-order valence-corrected chi connectivity index (χ3v) is 3.45. The van der Waals surface area contributed by atoms with E-state index in [4.69, 9.17) is 4.42 Å². The predicted molar refractivity (Wildman–Crippen MR) is 68.3 cm³/mol. The van der Waals surface area contributed by atoms with Crippen molar-refractivity contribution < 1.29 is 4.42 Å². The minimum atomic E-state index is 0.525. The van der Waals surface area contributed by atoms with Crippen LogP contribution in [0.1, 0.15) is 13.3 Å². The molecule has 3 rings (SSSR count). The molecule has 0 spiro atoms. The molecule has 1 aliphatic heterocycles. The van der Waals surface area contributed by atoms with Gasteiger partial charge in [0.1, 0.15) is 11.4 Å². The number of fused-ring (bicyclic) bond motifs is 1. The molecule has 1 atom stereocenters. The molecule has 1 aliphatic rings. The van der Waals surface area contributed by atoms with Gasteiger partial charge in [-0.25, -0.2) is 4.98 Å². The van der Waals surface area contributed by atoms with Crippen LogP contribution in [0.25, 0.3) is 11.0 Å². The fourth-order valence-corrected chi connectivity index (χ4v) is 2.51. The van der Waals surface area contributed by atoms with Crippen LogP contribution >= 0.6 is 0 Å². The van der Waals surface area contributed by atoms with Gasteiger partial charge in [0, 0.05) is 31.9 Å². The minimum Gasteiger partial charge on any atom is -0.464 e. The van der Waals surface area contributed by atoms with Gasteiger partial charge in [0.15, 0.2) is 0 Å². The second-order valence-corrected chi connectivity index (χ2v) is 4.43. The highest BCUT2D eigenvalue weighted by molar-refractivity contribution is 5.88. The lowest BCUT2D eigenvalue weighted by atomic mass is 10.1. The number of aromatic nitrogens is 1. The maximum absolute atomic E-state index is 5.44. The molecular weight excluding hydrogens is 214 g/mol. The van der Waals surface area contributed by atoms with Crippen molar-refractivity contribution in [2.24, 2.45) is 0 Å². The molecule has 1 unspecified atom stereocenters. The summed E-state index contributed by atoms with van der Waals surface area (Å²) in [6.07, 6.45) is 4.69. The van der Waals surface area contributed by atoms with Crippen LogP contribution in [0.3, 0.4) is 0 Å². The maximum atomic E-state index is 5.44. The summed E-state index contributed by atoms with van der Waals surface area (Å²) in [5.74, 6) is 1.06. The number of nitrogens with one attached hydrogen (secondary N) is 1. The topological polar surface area (TPSA) is 41.3 Å². The Labute approximate surface area is 101 Å². The van der Waals surface area contributed by atoms with E-state index in [1.165, 1.54) is 0 Å². The Kier molecular flexibility index (Phi) is 2.73. The van der Waals surface area contributed by atoms with Crippen LogP contribution in [-0.2, 0) is 0 Å². The van der Waals surface area contributed by atoms with Gasteiger partial charge < -0.3 is 14.6 Å². The van der Waals surface area contributed by atoms with Crippen molar-refractivity contribution in [1.29, 1.82) is 0 Å². The molecule has 0 bridgehead atoms. The average Bonchev–Trinajstić information content (AvgIpc) is 2.86. The Balaban J connectivity index is 2.04. The fraction of sp³-hybridized carbons (Fsp3) is 0.462. The van der Waals surface area contributed by atoms with Crippen LogP contribution in [-0.4, -0.2) is 30.7 Å². The van der Waals surface area contributed by atoms with E-state index in [1.54, 1.807) is 6.26 Å². The molecule has 0 aliphatic carbocycles. The SMILES string of the molecule is CCC1CNCCN1c1nccc2occc12. The molecule has 1 fully saturated rings. The monoisotopic (exact) mass is 231 g/mol. The lowest BCUT2D eigenvalue weighted by Gasteiger charge is -2.36. The van der Waals surface area contributed by atoms with Crippen molar-refractivity contribution in [3.63, 3.8) is 0 Å². The van der Waals surface area contributed by atoms with Gasteiger partial charge in [0.05, 0.1) is 11.6 Å². The highest BCUT2D eigenvalue weighted by atomic mass is 16.3. The van der Waals surface area contributed by atoms with E-state index in [2.05, 4.69) is 22.1 Å². The van der Waals surface area contributed by atoms with Gasteiger partial charge in [-0.15, -0.1) is 0 Å². The molecule has 0 saturated carbocycles. The standard InChI is InChI=1S/C13H17N3O/c1-2-10-9-14-6-7-16(10)13-11-4-8-17-12(11)3-5-15-13/h3-5,8,10,14H,2,6-7,9H2,1H3. The van der Waals surface area contributed by atoms with E-state index in [1.807, 2.05) is 18.3 Å². The average molecular weight is 231 g/mol. The molecule has 4 nitrogen and oxygen atoms in total. The van der Waals surface area contributed by atoms with Gasteiger partial charge in [-0.2, -0.15) is 0 Å². The molecule has 0 aromatic carbocycles. The third-order valence-electron chi connectivity index (χ3n) is 3.45. The zero-order valence-electron chi connectivity index (χ0n) is 10.0. The van der Waals surface area contributed by atoms with E-state index in [0.717, 1.165) is 42.8 Å². The lowest BCUT2D eigenvalue weighted by molar-refractivity contribution is 0.464. The Hall–Kier alpha value is -1.55. The number of hydrogen-bond acceptors (Lipinski definition) is 4. The van der Waals surface area contributed by atoms with Gasteiger partial charge in [-0.05, 0) is 18.6 Å². The molecule has 0 amide bonds. The first-order chi connectivity index (χ1) is 8.40. The van der Waals surface area contributed by atoms with E-state index in [-0.39, 0.29) is 0 Å². The van der Waals surface area contributed by atoms with Crippen LogP contribution in [0.5, 0.6) is 0 Å². The zero-order valence-corrected chi connectivity index (χ0v) is 10.0. The fourth-order valence-electron chi connectivity index (χ4n) is 2.51. The Morgan fingerprint density at radius 3 is 3.35 bits per heavy atom. The summed E-state index contributed by atoms with van der Waals surface area (Å²) in [6.45, 7) is 5.29. The number of piperazine rings is 1. The summed E-state index contributed by atoms with van der Waals surface area (Å²) in [6, 6.07) is 4.45. The van der Waals surface area contributed by atoms with E-state index in [9.17, 15) is 0 Å². The number of anilines is 1. The molecule has 3 heterocycles. The number of furan rings is 1. The van der Waals surface area contributed by atoms with Crippen LogP contribution in [0.4, 0.5) is 5.82 Å². The van der Waals surface area contributed by atoms with E-state index >= 15 is 0 Å². The molecule has 90 valence electrons. The van der Waals surface area contributed by atoms with Crippen LogP contribution in [0.2, 0.25) is 0 Å². The van der Waals surface area contributed by atoms with Gasteiger partial charge in [0.2, 0.25) is 0 Å². The van der Waals surface area contributed by atoms with E-state index < -0.39 is 0 Å². The van der Waals surface area contributed by atoms with E-state index in [0.29, 0.717) is 6.04 Å². The van der Waals surface area contributed by atoms with Crippen molar-refractivity contribution in [3.05, 3.63) is 24.6 Å². The van der Waals surface area contributed by atoms with Crippen molar-refractivity contribution in [3.8, 4) is 0 Å². The first kappa shape index (κ1) is 10.6. The molecule has 1 saturated heterocycles. The molecule has 4 heteroatoms. The summed E-state index contributed by atoms with van der Waals surface area (Å²) in [5, 5.41) is 4.55. The Morgan fingerprint density at radius 1 is 1.53 bits per heavy atom. The first-order valence-electron chi connectivity index (χ1n) is 6.19. The third kappa shape index (κ3) is 1.78. The number of hydrogen-bond donors (Lipinski definition) is 1. The maximum Gasteiger partial charge on any atom is 0.140 e. The molecule has 17 heavy (non-hydrogen) atoms. The van der Waals surface area contributed by atoms with Crippen LogP contribution in [0, 0.1) is 0 Å². The normalized spacial score (nSPS) is 21.0. The summed E-state index contributed by atoms with van der Waals surface area (Å²) in [5.41, 5.74) is 0.920. The lowest BCUT2D eigenvalue weighted by Crippen LogP contribution is -2.51. The quantitative estimate of drug-likeness (QED) is 0.858. The van der Waals surface area contributed by atoms with Crippen molar-refractivity contribution in [2.75, 3.05) is 24.5 Å². The highest BCUT2D eigenvalue weighted by Crippen LogP contribution is 2.27. The summed E-state index contributed by atoms with van der Waals surface area (Å²) in [7, 11) is 0. The number of rotatable bonds is 2. The van der Waals surface area contributed by atoms with Crippen molar-refractivity contribution in [2.45, 2.75) is 19.4 Å². The Bertz CT molecular complexity index is 508. The summed E-state index contributed by atoms with van der Waals surface area (Å²) < 4.78 is 5.44. The largest absolute Gasteiger partial charge is 0.464 e. The van der Waals surface area contributed by atoms with Gasteiger partial charge in [-0.3, -0.25) is 0 Å². The summed E-state index contributed by atoms with van der Waals surface area (Å²) in [4.78, 5) is 6.94. The smallest absolute Gasteiger partial charge is 0.140 e. The molecule has 1 N–H and O–H groups in total. The number of nitrogens with zero attached hydrogens (tertiary/aromatic N) is 2. The Morgan fingerprint density at radius 2 is 2.47 bits per heavy atom. The van der Waals surface area contributed by atoms with Crippen LogP contribution < -0.4 is 10.2 Å². The molecule has 0 radical (unpaired) electrons.